The molecule has 1 fully saturated rings. The molecule has 0 saturated heterocycles. The molecular weight excluding hydrogens is 390 g/mol. The summed E-state index contributed by atoms with van der Waals surface area (Å²) < 4.78 is 5.81. The molecule has 0 aromatic carbocycles. The van der Waals surface area contributed by atoms with Gasteiger partial charge in [-0.25, -0.2) is 0 Å². The van der Waals surface area contributed by atoms with Crippen LogP contribution >= 0.6 is 0 Å². The highest BCUT2D eigenvalue weighted by Gasteiger charge is 2.43. The van der Waals surface area contributed by atoms with Gasteiger partial charge in [-0.2, -0.15) is 0 Å². The number of aliphatic hydroxyl groups excluding tert-OH is 1. The molecule has 1 saturated carbocycles. The maximum absolute atomic E-state index is 12.2. The van der Waals surface area contributed by atoms with Crippen LogP contribution < -0.4 is 0 Å². The Morgan fingerprint density at radius 2 is 2.03 bits per heavy atom. The SMILES string of the molecule is CCCC[C@](C)(O)C/C=C/[C@@H]1[C@H]2CC(COCCC(=O)N(C)C(C)(C)C)=C[C@H]2C[C@H]1O. The molecule has 0 spiro atoms. The molecule has 178 valence electrons. The number of aliphatic hydroxyl groups is 2. The Balaban J connectivity index is 1.77. The van der Waals surface area contributed by atoms with Gasteiger partial charge in [0.15, 0.2) is 0 Å². The second-order valence-corrected chi connectivity index (χ2v) is 10.9. The molecular formula is C26H45NO4. The van der Waals surface area contributed by atoms with Gasteiger partial charge in [-0.15, -0.1) is 0 Å². The molecule has 0 bridgehead atoms. The summed E-state index contributed by atoms with van der Waals surface area (Å²) in [4.78, 5) is 14.0. The van der Waals surface area contributed by atoms with E-state index in [0.717, 1.165) is 32.1 Å². The molecule has 31 heavy (non-hydrogen) atoms. The van der Waals surface area contributed by atoms with E-state index in [1.165, 1.54) is 5.57 Å². The number of allylic oxidation sites excluding steroid dienone is 1. The number of hydrogen-bond donors (Lipinski definition) is 2. The highest BCUT2D eigenvalue weighted by molar-refractivity contribution is 5.76. The minimum Gasteiger partial charge on any atom is -0.392 e. The molecule has 2 rings (SSSR count). The lowest BCUT2D eigenvalue weighted by atomic mass is 9.88. The van der Waals surface area contributed by atoms with Crippen molar-refractivity contribution in [3.05, 3.63) is 23.8 Å². The van der Waals surface area contributed by atoms with Gasteiger partial charge in [0.05, 0.1) is 31.3 Å². The normalized spacial score (nSPS) is 27.9. The largest absolute Gasteiger partial charge is 0.392 e. The van der Waals surface area contributed by atoms with E-state index < -0.39 is 5.60 Å². The highest BCUT2D eigenvalue weighted by Crippen LogP contribution is 2.47. The molecule has 0 heterocycles. The third kappa shape index (κ3) is 7.73. The summed E-state index contributed by atoms with van der Waals surface area (Å²) in [7, 11) is 1.84. The summed E-state index contributed by atoms with van der Waals surface area (Å²) in [5.74, 6) is 1.06. The number of carbonyl (C=O) groups is 1. The number of ether oxygens (including phenoxy) is 1. The van der Waals surface area contributed by atoms with Crippen LogP contribution in [0.15, 0.2) is 23.8 Å². The van der Waals surface area contributed by atoms with Gasteiger partial charge < -0.3 is 19.8 Å². The van der Waals surface area contributed by atoms with Gasteiger partial charge in [0.25, 0.3) is 0 Å². The average molecular weight is 436 g/mol. The molecule has 2 aliphatic carbocycles. The van der Waals surface area contributed by atoms with Gasteiger partial charge in [0.2, 0.25) is 5.91 Å². The van der Waals surface area contributed by atoms with E-state index in [1.807, 2.05) is 34.7 Å². The predicted molar refractivity (Wildman–Crippen MR) is 126 cm³/mol. The van der Waals surface area contributed by atoms with Crippen molar-refractivity contribution in [2.75, 3.05) is 20.3 Å². The maximum atomic E-state index is 12.2. The monoisotopic (exact) mass is 435 g/mol. The molecule has 0 aromatic rings. The summed E-state index contributed by atoms with van der Waals surface area (Å²) in [5.41, 5.74) is 0.447. The molecule has 2 N–H and O–H groups in total. The van der Waals surface area contributed by atoms with Gasteiger partial charge >= 0.3 is 0 Å². The third-order valence-corrected chi connectivity index (χ3v) is 7.06. The van der Waals surface area contributed by atoms with Crippen molar-refractivity contribution in [2.45, 2.75) is 96.8 Å². The van der Waals surface area contributed by atoms with Crippen molar-refractivity contribution in [3.8, 4) is 0 Å². The molecule has 0 unspecified atom stereocenters. The fourth-order valence-corrected chi connectivity index (χ4v) is 4.76. The van der Waals surface area contributed by atoms with Crippen LogP contribution in [0.3, 0.4) is 0 Å². The predicted octanol–water partition coefficient (Wildman–Crippen LogP) is 4.48. The first-order chi connectivity index (χ1) is 14.4. The van der Waals surface area contributed by atoms with Crippen LogP contribution in [-0.2, 0) is 9.53 Å². The summed E-state index contributed by atoms with van der Waals surface area (Å²) in [6.45, 7) is 11.1. The molecule has 5 nitrogen and oxygen atoms in total. The van der Waals surface area contributed by atoms with Gasteiger partial charge in [-0.1, -0.05) is 38.0 Å². The van der Waals surface area contributed by atoms with Crippen molar-refractivity contribution in [1.82, 2.24) is 4.90 Å². The lowest BCUT2D eigenvalue weighted by molar-refractivity contribution is -0.135. The van der Waals surface area contributed by atoms with E-state index in [0.29, 0.717) is 37.9 Å². The second kappa shape index (κ2) is 11.1. The zero-order valence-corrected chi connectivity index (χ0v) is 20.6. The first-order valence-electron chi connectivity index (χ1n) is 12.1. The van der Waals surface area contributed by atoms with Gasteiger partial charge in [-0.3, -0.25) is 4.79 Å². The molecule has 5 heteroatoms. The number of amides is 1. The molecule has 5 atom stereocenters. The van der Waals surface area contributed by atoms with Gasteiger partial charge in [-0.05, 0) is 70.8 Å². The van der Waals surface area contributed by atoms with Gasteiger partial charge in [0.1, 0.15) is 0 Å². The summed E-state index contributed by atoms with van der Waals surface area (Å²) in [6, 6.07) is 0. The Morgan fingerprint density at radius 3 is 2.68 bits per heavy atom. The van der Waals surface area contributed by atoms with E-state index in [1.54, 1.807) is 4.90 Å². The van der Waals surface area contributed by atoms with Crippen LogP contribution in [0.25, 0.3) is 0 Å². The highest BCUT2D eigenvalue weighted by atomic mass is 16.5. The molecule has 2 aliphatic rings. The summed E-state index contributed by atoms with van der Waals surface area (Å²) in [5, 5.41) is 21.0. The van der Waals surface area contributed by atoms with Crippen molar-refractivity contribution >= 4 is 5.91 Å². The Hall–Kier alpha value is -1.17. The lowest BCUT2D eigenvalue weighted by Crippen LogP contribution is -2.42. The van der Waals surface area contributed by atoms with Crippen LogP contribution in [0.2, 0.25) is 0 Å². The zero-order chi connectivity index (χ0) is 23.2. The first kappa shape index (κ1) is 26.1. The minimum atomic E-state index is -0.666. The molecule has 0 aliphatic heterocycles. The number of rotatable bonds is 11. The van der Waals surface area contributed by atoms with E-state index in [9.17, 15) is 15.0 Å². The van der Waals surface area contributed by atoms with Gasteiger partial charge in [0, 0.05) is 18.5 Å². The van der Waals surface area contributed by atoms with Crippen molar-refractivity contribution in [1.29, 1.82) is 0 Å². The number of nitrogens with zero attached hydrogens (tertiary/aromatic N) is 1. The fourth-order valence-electron chi connectivity index (χ4n) is 4.76. The Bertz CT molecular complexity index is 646. The van der Waals surface area contributed by atoms with Crippen molar-refractivity contribution < 1.29 is 19.7 Å². The maximum Gasteiger partial charge on any atom is 0.225 e. The van der Waals surface area contributed by atoms with Crippen LogP contribution in [0.1, 0.15) is 79.6 Å². The van der Waals surface area contributed by atoms with Crippen molar-refractivity contribution in [2.24, 2.45) is 17.8 Å². The number of unbranched alkanes of at least 4 members (excludes halogenated alkanes) is 1. The number of fused-ring (bicyclic) bond motifs is 1. The zero-order valence-electron chi connectivity index (χ0n) is 20.6. The average Bonchev–Trinajstić information content (AvgIpc) is 3.19. The number of hydrogen-bond acceptors (Lipinski definition) is 4. The Labute approximate surface area is 189 Å². The standard InChI is InChI=1S/C26H45NO4/c1-7-8-12-26(5,30)13-9-10-21-22-16-19(15-20(22)17-23(21)28)18-31-14-11-24(29)27(6)25(2,3)4/h9-10,15,20-23,28,30H,7-8,11-14,16-18H2,1-6H3/b10-9+/t20-,21+,22-,23+,26-/m0/s1. The third-order valence-electron chi connectivity index (χ3n) is 7.06. The Morgan fingerprint density at radius 1 is 1.32 bits per heavy atom. The summed E-state index contributed by atoms with van der Waals surface area (Å²) in [6.07, 6.45) is 11.9. The minimum absolute atomic E-state index is 0.105. The smallest absolute Gasteiger partial charge is 0.225 e. The van der Waals surface area contributed by atoms with E-state index in [2.05, 4.69) is 25.2 Å². The Kier molecular flexibility index (Phi) is 9.35. The number of carbonyl (C=O) groups excluding carboxylic acids is 1. The van der Waals surface area contributed by atoms with E-state index in [-0.39, 0.29) is 23.5 Å². The first-order valence-corrected chi connectivity index (χ1v) is 12.1. The molecule has 0 radical (unpaired) electrons. The van der Waals surface area contributed by atoms with Crippen LogP contribution in [-0.4, -0.2) is 58.5 Å². The van der Waals surface area contributed by atoms with Crippen LogP contribution in [0, 0.1) is 17.8 Å². The van der Waals surface area contributed by atoms with Crippen LogP contribution in [0.5, 0.6) is 0 Å². The van der Waals surface area contributed by atoms with Crippen molar-refractivity contribution in [3.63, 3.8) is 0 Å². The molecule has 1 amide bonds. The fraction of sp³-hybridized carbons (Fsp3) is 0.808. The quantitative estimate of drug-likeness (QED) is 0.371. The summed E-state index contributed by atoms with van der Waals surface area (Å²) >= 11 is 0. The van der Waals surface area contributed by atoms with E-state index in [4.69, 9.17) is 4.74 Å². The van der Waals surface area contributed by atoms with E-state index >= 15 is 0 Å². The second-order valence-electron chi connectivity index (χ2n) is 10.9. The molecule has 0 aromatic heterocycles. The lowest BCUT2D eigenvalue weighted by Gasteiger charge is -2.32. The van der Waals surface area contributed by atoms with Crippen LogP contribution in [0.4, 0.5) is 0 Å². The topological polar surface area (TPSA) is 70.0 Å².